The van der Waals surface area contributed by atoms with Crippen molar-refractivity contribution in [3.05, 3.63) is 28.7 Å². The molecule has 0 aliphatic rings. The van der Waals surface area contributed by atoms with E-state index in [0.717, 1.165) is 10.2 Å². The molecular weight excluding hydrogens is 250 g/mol. The molecule has 68 valence electrons. The molecule has 1 rings (SSSR count). The van der Waals surface area contributed by atoms with Gasteiger partial charge < -0.3 is 4.74 Å². The van der Waals surface area contributed by atoms with Crippen molar-refractivity contribution in [2.45, 2.75) is 0 Å². The molecular formula is C9H8BrNOS. The molecule has 0 saturated heterocycles. The highest BCUT2D eigenvalue weighted by Crippen LogP contribution is 2.23. The molecule has 0 saturated carbocycles. The fourth-order valence-corrected chi connectivity index (χ4v) is 1.30. The number of isothiocyanates is 1. The summed E-state index contributed by atoms with van der Waals surface area (Å²) in [5.74, 6) is 0.821. The van der Waals surface area contributed by atoms with E-state index in [4.69, 9.17) is 4.74 Å². The second kappa shape index (κ2) is 5.86. The van der Waals surface area contributed by atoms with Crippen LogP contribution >= 0.6 is 28.1 Å². The largest absolute Gasteiger partial charge is 0.490 e. The summed E-state index contributed by atoms with van der Waals surface area (Å²) in [4.78, 5) is 3.74. The Kier molecular flexibility index (Phi) is 4.68. The third-order valence-electron chi connectivity index (χ3n) is 1.36. The van der Waals surface area contributed by atoms with Crippen LogP contribution in [0.1, 0.15) is 0 Å². The van der Waals surface area contributed by atoms with Crippen LogP contribution in [0.2, 0.25) is 0 Å². The molecule has 0 amide bonds. The smallest absolute Gasteiger partial charge is 0.133 e. The van der Waals surface area contributed by atoms with Gasteiger partial charge in [0.25, 0.3) is 0 Å². The highest BCUT2D eigenvalue weighted by molar-refractivity contribution is 9.10. The zero-order chi connectivity index (χ0) is 9.52. The summed E-state index contributed by atoms with van der Waals surface area (Å²) in [6, 6.07) is 7.68. The van der Waals surface area contributed by atoms with Crippen LogP contribution in [0.5, 0.6) is 5.75 Å². The lowest BCUT2D eigenvalue weighted by molar-refractivity contribution is 0.327. The van der Waals surface area contributed by atoms with Gasteiger partial charge in [0, 0.05) is 0 Å². The number of para-hydroxylation sites is 1. The topological polar surface area (TPSA) is 21.6 Å². The van der Waals surface area contributed by atoms with E-state index in [1.54, 1.807) is 0 Å². The van der Waals surface area contributed by atoms with Gasteiger partial charge in [0.15, 0.2) is 0 Å². The molecule has 1 aromatic carbocycles. The maximum Gasteiger partial charge on any atom is 0.133 e. The minimum absolute atomic E-state index is 0.520. The van der Waals surface area contributed by atoms with E-state index in [1.807, 2.05) is 24.3 Å². The second-order valence-electron chi connectivity index (χ2n) is 2.25. The number of aliphatic imine (C=N–C) groups is 1. The predicted molar refractivity (Wildman–Crippen MR) is 59.5 cm³/mol. The maximum atomic E-state index is 5.41. The van der Waals surface area contributed by atoms with Crippen LogP contribution in [-0.4, -0.2) is 18.3 Å². The monoisotopic (exact) mass is 257 g/mol. The van der Waals surface area contributed by atoms with Crippen molar-refractivity contribution in [2.75, 3.05) is 13.2 Å². The molecule has 0 aliphatic carbocycles. The van der Waals surface area contributed by atoms with Crippen molar-refractivity contribution < 1.29 is 4.74 Å². The number of halogens is 1. The van der Waals surface area contributed by atoms with Crippen LogP contribution in [0, 0.1) is 0 Å². The maximum absolute atomic E-state index is 5.41. The van der Waals surface area contributed by atoms with Crippen LogP contribution in [-0.2, 0) is 0 Å². The van der Waals surface area contributed by atoms with Crippen molar-refractivity contribution in [3.8, 4) is 5.75 Å². The van der Waals surface area contributed by atoms with Crippen molar-refractivity contribution in [3.63, 3.8) is 0 Å². The molecule has 0 spiro atoms. The summed E-state index contributed by atoms with van der Waals surface area (Å²) in [5, 5.41) is 2.29. The van der Waals surface area contributed by atoms with Gasteiger partial charge in [-0.2, -0.15) is 0 Å². The Morgan fingerprint density at radius 1 is 1.46 bits per heavy atom. The van der Waals surface area contributed by atoms with Gasteiger partial charge in [-0.25, -0.2) is 4.99 Å². The minimum atomic E-state index is 0.520. The number of rotatable bonds is 4. The van der Waals surface area contributed by atoms with Crippen LogP contribution in [0.3, 0.4) is 0 Å². The molecule has 0 aliphatic heterocycles. The first-order chi connectivity index (χ1) is 6.34. The molecule has 0 unspecified atom stereocenters. The van der Waals surface area contributed by atoms with E-state index in [2.05, 4.69) is 38.3 Å². The Hall–Kier alpha value is -0.700. The van der Waals surface area contributed by atoms with Gasteiger partial charge in [0.1, 0.15) is 12.4 Å². The fourth-order valence-electron chi connectivity index (χ4n) is 0.809. The Labute approximate surface area is 90.8 Å². The molecule has 0 bridgehead atoms. The second-order valence-corrected chi connectivity index (χ2v) is 3.29. The highest BCUT2D eigenvalue weighted by atomic mass is 79.9. The van der Waals surface area contributed by atoms with Crippen LogP contribution in [0.25, 0.3) is 0 Å². The zero-order valence-electron chi connectivity index (χ0n) is 6.87. The first-order valence-electron chi connectivity index (χ1n) is 3.75. The van der Waals surface area contributed by atoms with Crippen LogP contribution in [0.4, 0.5) is 0 Å². The summed E-state index contributed by atoms with van der Waals surface area (Å²) < 4.78 is 6.36. The van der Waals surface area contributed by atoms with Crippen molar-refractivity contribution in [1.29, 1.82) is 0 Å². The number of hydrogen-bond donors (Lipinski definition) is 0. The van der Waals surface area contributed by atoms with E-state index in [0.29, 0.717) is 13.2 Å². The molecule has 0 heterocycles. The fraction of sp³-hybridized carbons (Fsp3) is 0.222. The van der Waals surface area contributed by atoms with Crippen molar-refractivity contribution in [2.24, 2.45) is 4.99 Å². The normalized spacial score (nSPS) is 9.00. The van der Waals surface area contributed by atoms with Crippen LogP contribution < -0.4 is 4.74 Å². The average molecular weight is 258 g/mol. The molecule has 0 N–H and O–H groups in total. The summed E-state index contributed by atoms with van der Waals surface area (Å²) in [6.45, 7) is 1.07. The number of thiocarbonyl (C=S) groups is 1. The quantitative estimate of drug-likeness (QED) is 0.470. The summed E-state index contributed by atoms with van der Waals surface area (Å²) >= 11 is 7.80. The van der Waals surface area contributed by atoms with E-state index in [-0.39, 0.29) is 0 Å². The molecule has 4 heteroatoms. The van der Waals surface area contributed by atoms with E-state index in [1.165, 1.54) is 0 Å². The van der Waals surface area contributed by atoms with Crippen molar-refractivity contribution in [1.82, 2.24) is 0 Å². The Balaban J connectivity index is 2.45. The number of ether oxygens (including phenoxy) is 1. The Bertz CT molecular complexity index is 323. The molecule has 0 atom stereocenters. The first kappa shape index (κ1) is 10.4. The summed E-state index contributed by atoms with van der Waals surface area (Å²) in [6.07, 6.45) is 0. The number of benzene rings is 1. The van der Waals surface area contributed by atoms with Crippen molar-refractivity contribution >= 4 is 33.3 Å². The van der Waals surface area contributed by atoms with Crippen LogP contribution in [0.15, 0.2) is 33.7 Å². The van der Waals surface area contributed by atoms with Gasteiger partial charge in [-0.15, -0.1) is 0 Å². The van der Waals surface area contributed by atoms with Gasteiger partial charge in [-0.1, -0.05) is 12.1 Å². The van der Waals surface area contributed by atoms with Gasteiger partial charge in [-0.3, -0.25) is 0 Å². The van der Waals surface area contributed by atoms with Gasteiger partial charge >= 0.3 is 0 Å². The standard InChI is InChI=1S/C9H8BrNOS/c10-8-3-1-2-4-9(8)12-6-5-11-7-13/h1-4H,5-6H2. The molecule has 1 aromatic rings. The van der Waals surface area contributed by atoms with Gasteiger partial charge in [-0.05, 0) is 40.3 Å². The van der Waals surface area contributed by atoms with Gasteiger partial charge in [0.2, 0.25) is 0 Å². The molecule has 13 heavy (non-hydrogen) atoms. The predicted octanol–water partition coefficient (Wildman–Crippen LogP) is 2.93. The van der Waals surface area contributed by atoms with E-state index >= 15 is 0 Å². The lowest BCUT2D eigenvalue weighted by Gasteiger charge is -2.04. The van der Waals surface area contributed by atoms with Gasteiger partial charge in [0.05, 0.1) is 16.2 Å². The third kappa shape index (κ3) is 3.68. The first-order valence-corrected chi connectivity index (χ1v) is 4.95. The highest BCUT2D eigenvalue weighted by Gasteiger charge is 1.96. The summed E-state index contributed by atoms with van der Waals surface area (Å²) in [5.41, 5.74) is 0. The average Bonchev–Trinajstić information content (AvgIpc) is 2.15. The van der Waals surface area contributed by atoms with E-state index in [9.17, 15) is 0 Å². The van der Waals surface area contributed by atoms with E-state index < -0.39 is 0 Å². The molecule has 0 aromatic heterocycles. The lowest BCUT2D eigenvalue weighted by atomic mass is 10.3. The Morgan fingerprint density at radius 2 is 2.23 bits per heavy atom. The SMILES string of the molecule is S=C=NCCOc1ccccc1Br. The third-order valence-corrected chi connectivity index (χ3v) is 2.15. The lowest BCUT2D eigenvalue weighted by Crippen LogP contribution is -2.00. The number of hydrogen-bond acceptors (Lipinski definition) is 3. The molecule has 0 fully saturated rings. The molecule has 0 radical (unpaired) electrons. The number of nitrogens with zero attached hydrogens (tertiary/aromatic N) is 1. The minimum Gasteiger partial charge on any atom is -0.490 e. The zero-order valence-corrected chi connectivity index (χ0v) is 9.27. The molecule has 2 nitrogen and oxygen atoms in total. The summed E-state index contributed by atoms with van der Waals surface area (Å²) in [7, 11) is 0. The Morgan fingerprint density at radius 3 is 2.92 bits per heavy atom.